The summed E-state index contributed by atoms with van der Waals surface area (Å²) in [6.07, 6.45) is -3.06. The Balaban J connectivity index is 1.76. The van der Waals surface area contributed by atoms with E-state index in [9.17, 15) is 22.8 Å². The van der Waals surface area contributed by atoms with Crippen molar-refractivity contribution in [1.82, 2.24) is 4.57 Å². The molecule has 2 aromatic carbocycles. The highest BCUT2D eigenvalue weighted by atomic mass is 19.4. The van der Waals surface area contributed by atoms with E-state index in [1.165, 1.54) is 41.1 Å². The maximum Gasteiger partial charge on any atom is 0.416 e. The first-order chi connectivity index (χ1) is 14.3. The molecule has 3 aromatic rings. The first-order valence-electron chi connectivity index (χ1n) is 8.70. The molecule has 0 aliphatic rings. The van der Waals surface area contributed by atoms with Crippen LogP contribution < -0.4 is 16.2 Å². The number of aromatic nitrogens is 1. The summed E-state index contributed by atoms with van der Waals surface area (Å²) in [5.41, 5.74) is -0.403. The molecular weight excluding hydrogens is 397 g/mol. The van der Waals surface area contributed by atoms with Crippen molar-refractivity contribution in [2.45, 2.75) is 12.7 Å². The Morgan fingerprint density at radius 1 is 1.03 bits per heavy atom. The average molecular weight is 412 g/mol. The highest BCUT2D eigenvalue weighted by molar-refractivity contribution is 5.99. The Hall–Kier alpha value is -4.06. The number of rotatable bonds is 4. The normalized spacial score (nSPS) is 10.9. The van der Waals surface area contributed by atoms with Gasteiger partial charge in [0.2, 0.25) is 0 Å². The van der Waals surface area contributed by atoms with Crippen LogP contribution in [0.4, 0.5) is 29.3 Å². The largest absolute Gasteiger partial charge is 0.416 e. The number of amides is 2. The number of pyridine rings is 1. The zero-order valence-corrected chi connectivity index (χ0v) is 15.4. The van der Waals surface area contributed by atoms with Gasteiger partial charge in [-0.2, -0.15) is 18.4 Å². The lowest BCUT2D eigenvalue weighted by atomic mass is 10.1. The number of anilines is 2. The molecule has 152 valence electrons. The minimum atomic E-state index is -4.48. The molecule has 1 heterocycles. The summed E-state index contributed by atoms with van der Waals surface area (Å²) in [4.78, 5) is 24.8. The fraction of sp³-hybridized carbons (Fsp3) is 0.0952. The summed E-state index contributed by atoms with van der Waals surface area (Å²) < 4.78 is 39.8. The molecule has 2 N–H and O–H groups in total. The molecule has 0 saturated carbocycles. The van der Waals surface area contributed by atoms with Gasteiger partial charge in [-0.15, -0.1) is 0 Å². The van der Waals surface area contributed by atoms with E-state index >= 15 is 0 Å². The quantitative estimate of drug-likeness (QED) is 0.665. The number of alkyl halides is 3. The van der Waals surface area contributed by atoms with Crippen LogP contribution in [0, 0.1) is 11.3 Å². The van der Waals surface area contributed by atoms with E-state index in [2.05, 4.69) is 10.6 Å². The highest BCUT2D eigenvalue weighted by Crippen LogP contribution is 2.29. The molecule has 2 amide bonds. The summed E-state index contributed by atoms with van der Waals surface area (Å²) in [5, 5.41) is 13.8. The maximum absolute atomic E-state index is 12.9. The van der Waals surface area contributed by atoms with Crippen LogP contribution >= 0.6 is 0 Å². The first-order valence-corrected chi connectivity index (χ1v) is 8.70. The predicted molar refractivity (Wildman–Crippen MR) is 105 cm³/mol. The van der Waals surface area contributed by atoms with Gasteiger partial charge in [-0.25, -0.2) is 4.79 Å². The first kappa shape index (κ1) is 20.7. The molecule has 30 heavy (non-hydrogen) atoms. The topological polar surface area (TPSA) is 86.9 Å². The van der Waals surface area contributed by atoms with E-state index < -0.39 is 23.3 Å². The second-order valence-corrected chi connectivity index (χ2v) is 6.32. The van der Waals surface area contributed by atoms with Gasteiger partial charge in [-0.3, -0.25) is 4.79 Å². The van der Waals surface area contributed by atoms with Crippen LogP contribution in [0.3, 0.4) is 0 Å². The number of urea groups is 1. The van der Waals surface area contributed by atoms with Crippen molar-refractivity contribution in [2.75, 3.05) is 10.6 Å². The lowest BCUT2D eigenvalue weighted by molar-refractivity contribution is -0.137. The molecule has 0 bridgehead atoms. The van der Waals surface area contributed by atoms with Gasteiger partial charge in [-0.05, 0) is 48.0 Å². The van der Waals surface area contributed by atoms with E-state index in [1.54, 1.807) is 18.2 Å². The molecule has 3 rings (SSSR count). The Morgan fingerprint density at radius 2 is 1.80 bits per heavy atom. The number of benzene rings is 2. The van der Waals surface area contributed by atoms with Gasteiger partial charge in [0.1, 0.15) is 5.69 Å². The number of nitriles is 1. The number of nitrogens with one attached hydrogen (secondary N) is 2. The van der Waals surface area contributed by atoms with Crippen LogP contribution in [-0.4, -0.2) is 10.6 Å². The lowest BCUT2D eigenvalue weighted by Crippen LogP contribution is -2.28. The molecule has 1 aromatic heterocycles. The van der Waals surface area contributed by atoms with E-state index in [4.69, 9.17) is 5.26 Å². The molecule has 9 heteroatoms. The average Bonchev–Trinajstić information content (AvgIpc) is 2.70. The summed E-state index contributed by atoms with van der Waals surface area (Å²) in [7, 11) is 0. The number of nitrogens with zero attached hydrogens (tertiary/aromatic N) is 2. The monoisotopic (exact) mass is 412 g/mol. The minimum Gasteiger partial charge on any atom is -0.309 e. The van der Waals surface area contributed by atoms with Gasteiger partial charge in [0.15, 0.2) is 0 Å². The SMILES string of the molecule is N#Cc1cccc(NC(=O)Nc2cccn(Cc3cccc(C(F)(F)F)c3)c2=O)c1. The predicted octanol–water partition coefficient (Wildman–Crippen LogP) is 4.43. The Kier molecular flexibility index (Phi) is 5.88. The van der Waals surface area contributed by atoms with Crippen LogP contribution in [0.15, 0.2) is 71.7 Å². The molecule has 0 aliphatic heterocycles. The van der Waals surface area contributed by atoms with E-state index in [0.717, 1.165) is 12.1 Å². The standard InChI is InChI=1S/C21H15F3N4O2/c22-21(23,24)16-6-1-5-15(10-16)13-28-9-3-8-18(19(28)29)27-20(30)26-17-7-2-4-14(11-17)12-25/h1-11H,13H2,(H2,26,27,30). The zero-order chi connectivity index (χ0) is 21.7. The second-order valence-electron chi connectivity index (χ2n) is 6.32. The number of hydrogen-bond donors (Lipinski definition) is 2. The molecule has 0 fully saturated rings. The lowest BCUT2D eigenvalue weighted by Gasteiger charge is -2.12. The third-order valence-electron chi connectivity index (χ3n) is 4.13. The summed E-state index contributed by atoms with van der Waals surface area (Å²) in [6, 6.07) is 15.0. The van der Waals surface area contributed by atoms with Gasteiger partial charge in [-0.1, -0.05) is 18.2 Å². The summed E-state index contributed by atoms with van der Waals surface area (Å²) in [5.74, 6) is 0. The minimum absolute atomic E-state index is 0.0431. The van der Waals surface area contributed by atoms with Crippen molar-refractivity contribution >= 4 is 17.4 Å². The van der Waals surface area contributed by atoms with Crippen molar-refractivity contribution < 1.29 is 18.0 Å². The fourth-order valence-electron chi connectivity index (χ4n) is 2.75. The fourth-order valence-corrected chi connectivity index (χ4v) is 2.75. The van der Waals surface area contributed by atoms with Gasteiger partial charge in [0, 0.05) is 11.9 Å². The van der Waals surface area contributed by atoms with Crippen LogP contribution in [0.2, 0.25) is 0 Å². The molecule has 0 aliphatic carbocycles. The Bertz CT molecular complexity index is 1180. The van der Waals surface area contributed by atoms with Crippen LogP contribution in [0.5, 0.6) is 0 Å². The van der Waals surface area contributed by atoms with Crippen LogP contribution in [0.1, 0.15) is 16.7 Å². The van der Waals surface area contributed by atoms with Crippen molar-refractivity contribution in [1.29, 1.82) is 5.26 Å². The third kappa shape index (κ3) is 5.05. The third-order valence-corrected chi connectivity index (χ3v) is 4.13. The van der Waals surface area contributed by atoms with Gasteiger partial charge >= 0.3 is 12.2 Å². The number of carbonyl (C=O) groups excluding carboxylic acids is 1. The summed E-state index contributed by atoms with van der Waals surface area (Å²) in [6.45, 7) is -0.0931. The second kappa shape index (κ2) is 8.53. The van der Waals surface area contributed by atoms with Gasteiger partial charge < -0.3 is 15.2 Å². The molecule has 0 saturated heterocycles. The van der Waals surface area contributed by atoms with E-state index in [0.29, 0.717) is 16.8 Å². The molecule has 0 spiro atoms. The molecule has 6 nitrogen and oxygen atoms in total. The van der Waals surface area contributed by atoms with E-state index in [1.807, 2.05) is 6.07 Å². The molecule has 0 radical (unpaired) electrons. The van der Waals surface area contributed by atoms with Crippen molar-refractivity contribution in [2.24, 2.45) is 0 Å². The van der Waals surface area contributed by atoms with E-state index in [-0.39, 0.29) is 12.2 Å². The van der Waals surface area contributed by atoms with Crippen molar-refractivity contribution in [3.8, 4) is 6.07 Å². The number of hydrogen-bond acceptors (Lipinski definition) is 3. The maximum atomic E-state index is 12.9. The Labute approximate surface area is 169 Å². The van der Waals surface area contributed by atoms with Gasteiger partial charge in [0.05, 0.1) is 23.7 Å². The molecule has 0 atom stereocenters. The number of carbonyl (C=O) groups is 1. The van der Waals surface area contributed by atoms with Gasteiger partial charge in [0.25, 0.3) is 5.56 Å². The van der Waals surface area contributed by atoms with Crippen molar-refractivity contribution in [3.05, 3.63) is 93.9 Å². The highest BCUT2D eigenvalue weighted by Gasteiger charge is 2.30. The zero-order valence-electron chi connectivity index (χ0n) is 15.4. The Morgan fingerprint density at radius 3 is 2.53 bits per heavy atom. The van der Waals surface area contributed by atoms with Crippen LogP contribution in [0.25, 0.3) is 0 Å². The van der Waals surface area contributed by atoms with Crippen LogP contribution in [-0.2, 0) is 12.7 Å². The molecule has 0 unspecified atom stereocenters. The molecular formula is C21H15F3N4O2. The smallest absolute Gasteiger partial charge is 0.309 e. The van der Waals surface area contributed by atoms with Crippen molar-refractivity contribution in [3.63, 3.8) is 0 Å². The summed E-state index contributed by atoms with van der Waals surface area (Å²) >= 11 is 0. The number of halogens is 3.